The Morgan fingerprint density at radius 2 is 2.00 bits per heavy atom. The van der Waals surface area contributed by atoms with Crippen molar-refractivity contribution >= 4 is 29.1 Å². The first-order valence-electron chi connectivity index (χ1n) is 11.8. The Balaban J connectivity index is 1.79. The molecule has 0 saturated heterocycles. The number of rotatable bonds is 4. The summed E-state index contributed by atoms with van der Waals surface area (Å²) in [5.41, 5.74) is -0.966. The molecule has 0 aromatic heterocycles. The van der Waals surface area contributed by atoms with E-state index in [1.54, 1.807) is 6.92 Å². The van der Waals surface area contributed by atoms with Gasteiger partial charge in [-0.25, -0.2) is 0 Å². The molecule has 2 unspecified atom stereocenters. The Hall–Kier alpha value is -1.20. The quantitative estimate of drug-likeness (QED) is 0.512. The number of alkyl halides is 1. The zero-order chi connectivity index (χ0) is 22.8. The highest BCUT2D eigenvalue weighted by atomic mass is 35.5. The molecule has 3 fully saturated rings. The van der Waals surface area contributed by atoms with E-state index >= 15 is 0 Å². The lowest BCUT2D eigenvalue weighted by Crippen LogP contribution is -2.64. The predicted octanol–water partition coefficient (Wildman–Crippen LogP) is 4.24. The summed E-state index contributed by atoms with van der Waals surface area (Å²) in [4.78, 5) is 37.8. The highest BCUT2D eigenvalue weighted by Gasteiger charge is 2.72. The number of allylic oxidation sites excluding steroid dienone is 1. The number of ether oxygens (including phenoxy) is 1. The third-order valence-corrected chi connectivity index (χ3v) is 9.78. The fourth-order valence-electron chi connectivity index (χ4n) is 8.22. The molecule has 5 nitrogen and oxygen atoms in total. The number of carbonyl (C=O) groups excluding carboxylic acids is 3. The Morgan fingerprint density at radius 1 is 1.29 bits per heavy atom. The number of ketones is 2. The molecule has 4 aliphatic carbocycles. The van der Waals surface area contributed by atoms with Gasteiger partial charge in [0.25, 0.3) is 0 Å². The molecule has 1 N–H and O–H groups in total. The molecule has 0 amide bonds. The van der Waals surface area contributed by atoms with Gasteiger partial charge in [0.1, 0.15) is 0 Å². The Kier molecular flexibility index (Phi) is 5.70. The average molecular weight is 451 g/mol. The summed E-state index contributed by atoms with van der Waals surface area (Å²) in [6.07, 6.45) is 5.60. The van der Waals surface area contributed by atoms with Crippen LogP contribution in [-0.4, -0.2) is 40.2 Å². The molecule has 0 aliphatic heterocycles. The van der Waals surface area contributed by atoms with Gasteiger partial charge in [0.2, 0.25) is 0 Å². The second kappa shape index (κ2) is 7.69. The first-order valence-corrected chi connectivity index (χ1v) is 12.3. The molecule has 0 heterocycles. The van der Waals surface area contributed by atoms with Gasteiger partial charge >= 0.3 is 5.97 Å². The van der Waals surface area contributed by atoms with Crippen molar-refractivity contribution in [2.24, 2.45) is 34.5 Å². The SMILES string of the molecule is CCC(=O)O[C@]1(C(=O)CCl)C(C)C[C@H]2[C@@H]3CCC4=CC(=O)CC[C@]4(C)[C@H]3C(O)C[C@@]21C. The third-order valence-electron chi connectivity index (χ3n) is 9.54. The topological polar surface area (TPSA) is 80.7 Å². The van der Waals surface area contributed by atoms with Crippen molar-refractivity contribution in [3.8, 4) is 0 Å². The standard InChI is InChI=1S/C25H35ClO5/c1-5-21(30)31-25(20(29)13-26)14(2)10-18-17-7-6-15-11-16(27)8-9-23(15,3)22(17)19(28)12-24(18,25)4/h11,14,17-19,22,28H,5-10,12-13H2,1-4H3/t14?,17-,18-,19?,22+,23-,24-,25-/m0/s1. The van der Waals surface area contributed by atoms with Gasteiger partial charge in [-0.15, -0.1) is 11.6 Å². The molecular formula is C25H35ClO5. The van der Waals surface area contributed by atoms with E-state index < -0.39 is 23.1 Å². The number of Topliss-reactive ketones (excluding diaryl/α,β-unsaturated/α-hetero) is 1. The maximum absolute atomic E-state index is 13.3. The molecule has 6 heteroatoms. The van der Waals surface area contributed by atoms with Gasteiger partial charge in [0.15, 0.2) is 17.2 Å². The molecule has 0 bridgehead atoms. The molecule has 172 valence electrons. The van der Waals surface area contributed by atoms with Gasteiger partial charge in [0.05, 0.1) is 12.0 Å². The Morgan fingerprint density at radius 3 is 2.65 bits per heavy atom. The van der Waals surface area contributed by atoms with Crippen molar-refractivity contribution in [2.75, 3.05) is 5.88 Å². The number of hydrogen-bond donors (Lipinski definition) is 1. The van der Waals surface area contributed by atoms with Gasteiger partial charge < -0.3 is 9.84 Å². The van der Waals surface area contributed by atoms with Crippen LogP contribution in [0.3, 0.4) is 0 Å². The van der Waals surface area contributed by atoms with Crippen molar-refractivity contribution in [1.29, 1.82) is 0 Å². The van der Waals surface area contributed by atoms with Crippen LogP contribution >= 0.6 is 11.6 Å². The summed E-state index contributed by atoms with van der Waals surface area (Å²) in [7, 11) is 0. The molecule has 4 aliphatic rings. The zero-order valence-corrected chi connectivity index (χ0v) is 19.8. The predicted molar refractivity (Wildman–Crippen MR) is 117 cm³/mol. The smallest absolute Gasteiger partial charge is 0.306 e. The van der Waals surface area contributed by atoms with Crippen molar-refractivity contribution < 1.29 is 24.2 Å². The summed E-state index contributed by atoms with van der Waals surface area (Å²) in [6.45, 7) is 7.97. The molecule has 0 radical (unpaired) electrons. The summed E-state index contributed by atoms with van der Waals surface area (Å²) in [5, 5.41) is 11.6. The van der Waals surface area contributed by atoms with Crippen molar-refractivity contribution in [1.82, 2.24) is 0 Å². The summed E-state index contributed by atoms with van der Waals surface area (Å²) >= 11 is 6.06. The van der Waals surface area contributed by atoms with E-state index in [1.807, 2.05) is 19.9 Å². The van der Waals surface area contributed by atoms with Crippen LogP contribution in [0.5, 0.6) is 0 Å². The summed E-state index contributed by atoms with van der Waals surface area (Å²) < 4.78 is 6.02. The lowest BCUT2D eigenvalue weighted by atomic mass is 9.45. The Bertz CT molecular complexity index is 836. The molecular weight excluding hydrogens is 416 g/mol. The first-order chi connectivity index (χ1) is 14.5. The van der Waals surface area contributed by atoms with Crippen LogP contribution in [0.2, 0.25) is 0 Å². The minimum atomic E-state index is -1.29. The molecule has 0 spiro atoms. The maximum atomic E-state index is 13.3. The van der Waals surface area contributed by atoms with E-state index in [2.05, 4.69) is 6.92 Å². The highest BCUT2D eigenvalue weighted by Crippen LogP contribution is 2.69. The molecule has 0 aromatic rings. The number of esters is 1. The van der Waals surface area contributed by atoms with Gasteiger partial charge in [-0.2, -0.15) is 0 Å². The normalized spacial score (nSPS) is 46.5. The van der Waals surface area contributed by atoms with Crippen LogP contribution in [-0.2, 0) is 19.1 Å². The molecule has 8 atom stereocenters. The number of carbonyl (C=O) groups is 3. The first kappa shape index (κ1) is 23.0. The fourth-order valence-corrected chi connectivity index (χ4v) is 8.42. The van der Waals surface area contributed by atoms with Crippen LogP contribution in [0, 0.1) is 34.5 Å². The maximum Gasteiger partial charge on any atom is 0.306 e. The minimum absolute atomic E-state index is 0.0506. The van der Waals surface area contributed by atoms with Gasteiger partial charge in [-0.1, -0.05) is 33.3 Å². The minimum Gasteiger partial charge on any atom is -0.450 e. The number of fused-ring (bicyclic) bond motifs is 5. The van der Waals surface area contributed by atoms with Crippen LogP contribution < -0.4 is 0 Å². The molecule has 3 saturated carbocycles. The second-order valence-electron chi connectivity index (χ2n) is 10.8. The van der Waals surface area contributed by atoms with Crippen molar-refractivity contribution in [3.63, 3.8) is 0 Å². The van der Waals surface area contributed by atoms with E-state index in [0.29, 0.717) is 12.8 Å². The zero-order valence-electron chi connectivity index (χ0n) is 19.1. The van der Waals surface area contributed by atoms with Crippen LogP contribution in [0.15, 0.2) is 11.6 Å². The van der Waals surface area contributed by atoms with E-state index in [4.69, 9.17) is 16.3 Å². The number of aliphatic hydroxyl groups excluding tert-OH is 1. The fraction of sp³-hybridized carbons (Fsp3) is 0.800. The van der Waals surface area contributed by atoms with Gasteiger partial charge in [0, 0.05) is 24.2 Å². The van der Waals surface area contributed by atoms with Crippen LogP contribution in [0.1, 0.15) is 72.6 Å². The van der Waals surface area contributed by atoms with E-state index in [9.17, 15) is 19.5 Å². The van der Waals surface area contributed by atoms with Gasteiger partial charge in [-0.3, -0.25) is 14.4 Å². The number of halogens is 1. The lowest BCUT2D eigenvalue weighted by Gasteiger charge is -2.60. The largest absolute Gasteiger partial charge is 0.450 e. The molecule has 31 heavy (non-hydrogen) atoms. The van der Waals surface area contributed by atoms with E-state index in [0.717, 1.165) is 25.7 Å². The molecule has 0 aromatic carbocycles. The number of hydrogen-bond acceptors (Lipinski definition) is 5. The monoisotopic (exact) mass is 450 g/mol. The summed E-state index contributed by atoms with van der Waals surface area (Å²) in [6, 6.07) is 0. The third kappa shape index (κ3) is 3.02. The second-order valence-corrected chi connectivity index (χ2v) is 11.1. The van der Waals surface area contributed by atoms with Crippen LogP contribution in [0.4, 0.5) is 0 Å². The van der Waals surface area contributed by atoms with E-state index in [-0.39, 0.29) is 53.0 Å². The Labute approximate surface area is 189 Å². The highest BCUT2D eigenvalue weighted by molar-refractivity contribution is 6.29. The van der Waals surface area contributed by atoms with Crippen molar-refractivity contribution in [2.45, 2.75) is 84.3 Å². The lowest BCUT2D eigenvalue weighted by molar-refractivity contribution is -0.204. The van der Waals surface area contributed by atoms with E-state index in [1.165, 1.54) is 5.57 Å². The molecule has 4 rings (SSSR count). The van der Waals surface area contributed by atoms with Gasteiger partial charge in [-0.05, 0) is 61.3 Å². The summed E-state index contributed by atoms with van der Waals surface area (Å²) in [5.74, 6) is -0.391. The average Bonchev–Trinajstić information content (AvgIpc) is 2.94. The number of aliphatic hydroxyl groups is 1. The van der Waals surface area contributed by atoms with Crippen molar-refractivity contribution in [3.05, 3.63) is 11.6 Å². The van der Waals surface area contributed by atoms with Crippen LogP contribution in [0.25, 0.3) is 0 Å².